The molecule has 0 fully saturated rings. The van der Waals surface area contributed by atoms with Gasteiger partial charge in [-0.05, 0) is 43.7 Å². The number of carbonyl (C=O) groups excluding carboxylic acids is 1. The number of nitrogens with zero attached hydrogens (tertiary/aromatic N) is 6. The third-order valence-electron chi connectivity index (χ3n) is 5.74. The molecule has 1 amide bonds. The van der Waals surface area contributed by atoms with Gasteiger partial charge < -0.3 is 15.4 Å². The molecule has 0 saturated carbocycles. The molecule has 10 nitrogen and oxygen atoms in total. The third kappa shape index (κ3) is 3.54. The first-order valence-corrected chi connectivity index (χ1v) is 10.6. The number of carboxylic acids is 1. The van der Waals surface area contributed by atoms with E-state index in [2.05, 4.69) is 20.2 Å². The Balaban J connectivity index is 1.48. The van der Waals surface area contributed by atoms with E-state index in [4.69, 9.17) is 5.73 Å². The van der Waals surface area contributed by atoms with Crippen LogP contribution in [0.4, 0.5) is 11.5 Å². The summed E-state index contributed by atoms with van der Waals surface area (Å²) in [6, 6.07) is 12.4. The van der Waals surface area contributed by atoms with Gasteiger partial charge in [-0.1, -0.05) is 18.2 Å². The number of pyridine rings is 2. The predicted octanol–water partition coefficient (Wildman–Crippen LogP) is 3.42. The molecule has 4 heterocycles. The minimum Gasteiger partial charge on any atom is -0.478 e. The van der Waals surface area contributed by atoms with Crippen molar-refractivity contribution in [2.75, 3.05) is 10.6 Å². The van der Waals surface area contributed by atoms with Gasteiger partial charge in [-0.2, -0.15) is 0 Å². The van der Waals surface area contributed by atoms with Crippen molar-refractivity contribution in [3.63, 3.8) is 0 Å². The zero-order chi connectivity index (χ0) is 24.0. The highest BCUT2D eigenvalue weighted by Gasteiger charge is 2.30. The smallest absolute Gasteiger partial charge is 0.337 e. The molecule has 1 aliphatic heterocycles. The van der Waals surface area contributed by atoms with Gasteiger partial charge in [-0.25, -0.2) is 9.78 Å². The van der Waals surface area contributed by atoms with Crippen LogP contribution in [0.5, 0.6) is 0 Å². The van der Waals surface area contributed by atoms with Gasteiger partial charge in [0.1, 0.15) is 17.8 Å². The molecule has 0 aliphatic carbocycles. The molecule has 1 aromatic carbocycles. The first-order valence-electron chi connectivity index (χ1n) is 10.6. The summed E-state index contributed by atoms with van der Waals surface area (Å²) in [5.41, 5.74) is 8.81. The average Bonchev–Trinajstić information content (AvgIpc) is 3.44. The van der Waals surface area contributed by atoms with Crippen LogP contribution in [0.2, 0.25) is 0 Å². The third-order valence-corrected chi connectivity index (χ3v) is 5.74. The number of carboxylic acid groups (broad SMARTS) is 1. The van der Waals surface area contributed by atoms with E-state index >= 15 is 0 Å². The monoisotopic (exact) mass is 455 g/mol. The normalized spacial score (nSPS) is 12.9. The Morgan fingerprint density at radius 1 is 1.15 bits per heavy atom. The number of benzene rings is 1. The molecular formula is C24H21N7O3. The minimum atomic E-state index is -1.14. The molecule has 0 radical (unpaired) electrons. The van der Waals surface area contributed by atoms with Gasteiger partial charge in [-0.15, -0.1) is 10.2 Å². The maximum absolute atomic E-state index is 13.3. The Bertz CT molecular complexity index is 1440. The first kappa shape index (κ1) is 21.3. The second-order valence-electron chi connectivity index (χ2n) is 8.26. The Labute approximate surface area is 194 Å². The van der Waals surface area contributed by atoms with Crippen molar-refractivity contribution in [1.29, 1.82) is 0 Å². The second-order valence-corrected chi connectivity index (χ2v) is 8.26. The standard InChI is InChI=1S/C24H21N7O3/c1-13(2)31-12-27-29-22(31)19-4-3-5-21(28-19)30-11-15-7-6-14(8-16(15)23(30)32)20-9-17(24(33)34)18(25)10-26-20/h3-10,12-13H,11,25H2,1-2H3,(H,33,34). The summed E-state index contributed by atoms with van der Waals surface area (Å²) in [5, 5.41) is 17.5. The van der Waals surface area contributed by atoms with Gasteiger partial charge in [0, 0.05) is 17.2 Å². The molecule has 0 spiro atoms. The summed E-state index contributed by atoms with van der Waals surface area (Å²) < 4.78 is 1.92. The maximum atomic E-state index is 13.3. The maximum Gasteiger partial charge on any atom is 0.337 e. The van der Waals surface area contributed by atoms with Gasteiger partial charge in [0.15, 0.2) is 5.82 Å². The van der Waals surface area contributed by atoms with Crippen molar-refractivity contribution < 1.29 is 14.7 Å². The van der Waals surface area contributed by atoms with Crippen molar-refractivity contribution in [3.05, 3.63) is 71.7 Å². The number of aromatic carboxylic acids is 1. The lowest BCUT2D eigenvalue weighted by Gasteiger charge is -2.16. The number of nitrogens with two attached hydrogens (primary N) is 1. The number of hydrogen-bond acceptors (Lipinski definition) is 7. The van der Waals surface area contributed by atoms with Crippen LogP contribution in [0.3, 0.4) is 0 Å². The van der Waals surface area contributed by atoms with E-state index in [1.165, 1.54) is 12.3 Å². The van der Waals surface area contributed by atoms with E-state index in [9.17, 15) is 14.7 Å². The zero-order valence-electron chi connectivity index (χ0n) is 18.5. The Kier molecular flexibility index (Phi) is 5.05. The molecule has 4 aromatic rings. The fourth-order valence-electron chi connectivity index (χ4n) is 3.96. The number of anilines is 2. The predicted molar refractivity (Wildman–Crippen MR) is 125 cm³/mol. The SMILES string of the molecule is CC(C)n1cnnc1-c1cccc(N2Cc3ccc(-c4cc(C(=O)O)c(N)cn4)cc3C2=O)n1. The van der Waals surface area contributed by atoms with Crippen LogP contribution in [0.15, 0.2) is 55.0 Å². The quantitative estimate of drug-likeness (QED) is 0.466. The number of amides is 1. The number of carbonyl (C=O) groups is 2. The number of hydrogen-bond donors (Lipinski definition) is 2. The van der Waals surface area contributed by atoms with Crippen molar-refractivity contribution in [1.82, 2.24) is 24.7 Å². The largest absolute Gasteiger partial charge is 0.478 e. The fourth-order valence-corrected chi connectivity index (χ4v) is 3.96. The summed E-state index contributed by atoms with van der Waals surface area (Å²) >= 11 is 0. The summed E-state index contributed by atoms with van der Waals surface area (Å²) in [6.45, 7) is 4.44. The van der Waals surface area contributed by atoms with Crippen molar-refractivity contribution in [2.45, 2.75) is 26.4 Å². The fraction of sp³-hybridized carbons (Fsp3) is 0.167. The molecule has 0 atom stereocenters. The van der Waals surface area contributed by atoms with E-state index in [0.29, 0.717) is 40.7 Å². The number of fused-ring (bicyclic) bond motifs is 1. The highest BCUT2D eigenvalue weighted by Crippen LogP contribution is 2.32. The second kappa shape index (κ2) is 8.07. The van der Waals surface area contributed by atoms with Crippen LogP contribution in [-0.4, -0.2) is 41.7 Å². The highest BCUT2D eigenvalue weighted by molar-refractivity contribution is 6.10. The van der Waals surface area contributed by atoms with Gasteiger partial charge in [0.2, 0.25) is 0 Å². The van der Waals surface area contributed by atoms with Crippen LogP contribution < -0.4 is 10.6 Å². The minimum absolute atomic E-state index is 0.0336. The number of nitrogen functional groups attached to an aromatic ring is 1. The van der Waals surface area contributed by atoms with Crippen LogP contribution in [0.1, 0.15) is 46.2 Å². The van der Waals surface area contributed by atoms with Crippen LogP contribution >= 0.6 is 0 Å². The van der Waals surface area contributed by atoms with Crippen LogP contribution in [0.25, 0.3) is 22.8 Å². The summed E-state index contributed by atoms with van der Waals surface area (Å²) in [6.07, 6.45) is 2.97. The molecular weight excluding hydrogens is 434 g/mol. The molecule has 0 bridgehead atoms. The van der Waals surface area contributed by atoms with Gasteiger partial charge >= 0.3 is 5.97 Å². The summed E-state index contributed by atoms with van der Waals surface area (Å²) in [5.74, 6) is -0.186. The molecule has 0 saturated heterocycles. The van der Waals surface area contributed by atoms with Crippen molar-refractivity contribution in [2.24, 2.45) is 0 Å². The molecule has 10 heteroatoms. The summed E-state index contributed by atoms with van der Waals surface area (Å²) in [4.78, 5) is 35.3. The average molecular weight is 455 g/mol. The molecule has 0 unspecified atom stereocenters. The van der Waals surface area contributed by atoms with E-state index in [1.807, 2.05) is 42.7 Å². The lowest BCUT2D eigenvalue weighted by molar-refractivity contribution is 0.0697. The van der Waals surface area contributed by atoms with Gasteiger partial charge in [0.05, 0.1) is 29.7 Å². The van der Waals surface area contributed by atoms with Crippen LogP contribution in [-0.2, 0) is 6.54 Å². The summed E-state index contributed by atoms with van der Waals surface area (Å²) in [7, 11) is 0. The molecule has 1 aliphatic rings. The number of rotatable bonds is 5. The molecule has 170 valence electrons. The van der Waals surface area contributed by atoms with Crippen LogP contribution in [0, 0.1) is 0 Å². The van der Waals surface area contributed by atoms with Crippen molar-refractivity contribution >= 4 is 23.4 Å². The van der Waals surface area contributed by atoms with E-state index in [1.54, 1.807) is 23.4 Å². The topological polar surface area (TPSA) is 140 Å². The van der Waals surface area contributed by atoms with Gasteiger partial charge in [-0.3, -0.25) is 14.7 Å². The van der Waals surface area contributed by atoms with E-state index in [-0.39, 0.29) is 23.2 Å². The molecule has 34 heavy (non-hydrogen) atoms. The number of aromatic nitrogens is 5. The van der Waals surface area contributed by atoms with Crippen molar-refractivity contribution in [3.8, 4) is 22.8 Å². The Hall–Kier alpha value is -4.60. The van der Waals surface area contributed by atoms with E-state index < -0.39 is 5.97 Å². The molecule has 5 rings (SSSR count). The molecule has 3 N–H and O–H groups in total. The van der Waals surface area contributed by atoms with E-state index in [0.717, 1.165) is 5.56 Å². The first-order chi connectivity index (χ1) is 16.3. The van der Waals surface area contributed by atoms with Gasteiger partial charge in [0.25, 0.3) is 5.91 Å². The lowest BCUT2D eigenvalue weighted by Crippen LogP contribution is -2.24. The Morgan fingerprint density at radius 3 is 2.74 bits per heavy atom. The highest BCUT2D eigenvalue weighted by atomic mass is 16.4. The zero-order valence-corrected chi connectivity index (χ0v) is 18.5. The Morgan fingerprint density at radius 2 is 1.97 bits per heavy atom. The lowest BCUT2D eigenvalue weighted by atomic mass is 10.0. The molecule has 3 aromatic heterocycles.